The normalized spacial score (nSPS) is 21.9. The van der Waals surface area contributed by atoms with E-state index in [1.54, 1.807) is 12.1 Å². The number of fused-ring (bicyclic) bond motifs is 1. The van der Waals surface area contributed by atoms with Crippen molar-refractivity contribution >= 4 is 17.4 Å². The van der Waals surface area contributed by atoms with Crippen LogP contribution in [0.15, 0.2) is 29.5 Å². The molecule has 10 heteroatoms. The number of amides is 1. The first-order valence-electron chi connectivity index (χ1n) is 9.85. The van der Waals surface area contributed by atoms with Crippen LogP contribution in [0.25, 0.3) is 0 Å². The number of rotatable bonds is 5. The minimum Gasteiger partial charge on any atom is -0.390 e. The Morgan fingerprint density at radius 3 is 2.87 bits per heavy atom. The number of aliphatic imine (C=N–C) groups is 1. The number of hydrogen-bond donors (Lipinski definition) is 3. The van der Waals surface area contributed by atoms with Gasteiger partial charge in [0.1, 0.15) is 29.7 Å². The molecule has 1 aromatic carbocycles. The van der Waals surface area contributed by atoms with E-state index < -0.39 is 30.0 Å². The van der Waals surface area contributed by atoms with E-state index >= 15 is 0 Å². The quantitative estimate of drug-likeness (QED) is 0.644. The van der Waals surface area contributed by atoms with Crippen molar-refractivity contribution in [3.05, 3.63) is 52.7 Å². The molecule has 2 aromatic rings. The van der Waals surface area contributed by atoms with Crippen molar-refractivity contribution in [3.8, 4) is 6.07 Å². The Morgan fingerprint density at radius 2 is 2.16 bits per heavy atom. The number of nitrogens with one attached hydrogen (secondary N) is 1. The number of halogens is 1. The van der Waals surface area contributed by atoms with E-state index in [1.165, 1.54) is 30.4 Å². The highest BCUT2D eigenvalue weighted by Crippen LogP contribution is 2.28. The second-order valence-corrected chi connectivity index (χ2v) is 7.65. The van der Waals surface area contributed by atoms with Crippen molar-refractivity contribution < 1.29 is 19.4 Å². The van der Waals surface area contributed by atoms with Crippen LogP contribution in [0.4, 0.5) is 10.2 Å². The fourth-order valence-corrected chi connectivity index (χ4v) is 3.90. The first-order valence-corrected chi connectivity index (χ1v) is 9.85. The molecule has 3 N–H and O–H groups in total. The average molecular weight is 424 g/mol. The maximum atomic E-state index is 14.4. The third-order valence-corrected chi connectivity index (χ3v) is 5.61. The topological polar surface area (TPSA) is 135 Å². The molecule has 31 heavy (non-hydrogen) atoms. The highest BCUT2D eigenvalue weighted by molar-refractivity contribution is 6.47. The molecule has 1 aliphatic heterocycles. The zero-order valence-corrected chi connectivity index (χ0v) is 16.8. The fraction of sp³-hybridized carbons (Fsp3) is 0.381. The van der Waals surface area contributed by atoms with Crippen LogP contribution in [0, 0.1) is 17.1 Å². The molecule has 3 atom stereocenters. The van der Waals surface area contributed by atoms with Gasteiger partial charge in [-0.05, 0) is 18.9 Å². The minimum atomic E-state index is -0.943. The van der Waals surface area contributed by atoms with Gasteiger partial charge in [0.25, 0.3) is 5.91 Å². The van der Waals surface area contributed by atoms with Crippen molar-refractivity contribution in [3.63, 3.8) is 0 Å². The van der Waals surface area contributed by atoms with Gasteiger partial charge in [0, 0.05) is 19.2 Å². The maximum absolute atomic E-state index is 14.4. The minimum absolute atomic E-state index is 0.0431. The van der Waals surface area contributed by atoms with Crippen LogP contribution in [0.5, 0.6) is 0 Å². The Balaban J connectivity index is 1.56. The van der Waals surface area contributed by atoms with Gasteiger partial charge in [-0.25, -0.2) is 14.4 Å². The Morgan fingerprint density at radius 1 is 1.35 bits per heavy atom. The Kier molecular flexibility index (Phi) is 5.63. The van der Waals surface area contributed by atoms with Gasteiger partial charge in [0.15, 0.2) is 0 Å². The lowest BCUT2D eigenvalue weighted by Gasteiger charge is -2.22. The second-order valence-electron chi connectivity index (χ2n) is 7.65. The van der Waals surface area contributed by atoms with Gasteiger partial charge < -0.3 is 20.4 Å². The molecular weight excluding hydrogens is 403 g/mol. The number of aromatic nitrogens is 2. The molecular formula is C21H21FN6O3. The van der Waals surface area contributed by atoms with Gasteiger partial charge in [-0.1, -0.05) is 12.1 Å². The smallest absolute Gasteiger partial charge is 0.272 e. The molecule has 9 nitrogen and oxygen atoms in total. The molecule has 0 saturated heterocycles. The number of likely N-dealkylation sites (N-methyl/N-ethyl adjacent to an activating group) is 1. The van der Waals surface area contributed by atoms with E-state index in [9.17, 15) is 19.4 Å². The summed E-state index contributed by atoms with van der Waals surface area (Å²) in [6.07, 6.45) is 0.611. The Labute approximate surface area is 177 Å². The highest BCUT2D eigenvalue weighted by Gasteiger charge is 2.36. The molecule has 0 unspecified atom stereocenters. The Hall–Kier alpha value is -3.42. The summed E-state index contributed by atoms with van der Waals surface area (Å²) >= 11 is 0. The summed E-state index contributed by atoms with van der Waals surface area (Å²) in [6, 6.07) is 5.84. The van der Waals surface area contributed by atoms with Crippen LogP contribution in [0.3, 0.4) is 0 Å². The number of aliphatic hydroxyl groups is 2. The van der Waals surface area contributed by atoms with E-state index in [-0.39, 0.29) is 29.9 Å². The number of benzene rings is 1. The molecule has 4 rings (SSSR count). The zero-order valence-electron chi connectivity index (χ0n) is 16.8. The van der Waals surface area contributed by atoms with Gasteiger partial charge in [-0.15, -0.1) is 0 Å². The number of hydrogen-bond acceptors (Lipinski definition) is 8. The number of aliphatic hydroxyl groups excluding tert-OH is 2. The molecule has 0 radical (unpaired) electrons. The number of carbonyl (C=O) groups excluding carboxylic acids is 1. The summed E-state index contributed by atoms with van der Waals surface area (Å²) in [7, 11) is 1.52. The number of carbonyl (C=O) groups is 1. The van der Waals surface area contributed by atoms with Gasteiger partial charge in [-0.2, -0.15) is 5.26 Å². The van der Waals surface area contributed by atoms with E-state index in [4.69, 9.17) is 5.26 Å². The van der Waals surface area contributed by atoms with Crippen molar-refractivity contribution in [2.75, 3.05) is 12.4 Å². The van der Waals surface area contributed by atoms with Crippen LogP contribution in [-0.2, 0) is 17.9 Å². The van der Waals surface area contributed by atoms with Crippen LogP contribution >= 0.6 is 0 Å². The lowest BCUT2D eigenvalue weighted by molar-refractivity contribution is -0.123. The van der Waals surface area contributed by atoms with E-state index in [2.05, 4.69) is 20.3 Å². The molecule has 1 aromatic heterocycles. The third kappa shape index (κ3) is 3.85. The molecule has 2 heterocycles. The maximum Gasteiger partial charge on any atom is 0.272 e. The molecule has 1 fully saturated rings. The number of nitrogens with zero attached hydrogens (tertiary/aromatic N) is 5. The largest absolute Gasteiger partial charge is 0.390 e. The first kappa shape index (κ1) is 20.8. The number of nitriles is 1. The first-order chi connectivity index (χ1) is 14.9. The summed E-state index contributed by atoms with van der Waals surface area (Å²) in [5.74, 6) is -0.734. The van der Waals surface area contributed by atoms with E-state index in [0.29, 0.717) is 29.9 Å². The van der Waals surface area contributed by atoms with Crippen molar-refractivity contribution in [1.29, 1.82) is 5.26 Å². The molecule has 160 valence electrons. The van der Waals surface area contributed by atoms with Crippen LogP contribution in [-0.4, -0.2) is 62.0 Å². The predicted molar refractivity (Wildman–Crippen MR) is 109 cm³/mol. The van der Waals surface area contributed by atoms with Gasteiger partial charge >= 0.3 is 0 Å². The van der Waals surface area contributed by atoms with Crippen LogP contribution in [0.1, 0.15) is 35.2 Å². The summed E-state index contributed by atoms with van der Waals surface area (Å²) in [5, 5.41) is 32.1. The van der Waals surface area contributed by atoms with E-state index in [0.717, 1.165) is 0 Å². The zero-order chi connectivity index (χ0) is 22.1. The van der Waals surface area contributed by atoms with Gasteiger partial charge in [-0.3, -0.25) is 9.79 Å². The van der Waals surface area contributed by atoms with Crippen LogP contribution < -0.4 is 5.32 Å². The van der Waals surface area contributed by atoms with E-state index in [1.807, 2.05) is 0 Å². The van der Waals surface area contributed by atoms with Crippen molar-refractivity contribution in [2.24, 2.45) is 4.99 Å². The third-order valence-electron chi connectivity index (χ3n) is 5.61. The Bertz CT molecular complexity index is 1100. The average Bonchev–Trinajstić information content (AvgIpc) is 3.34. The lowest BCUT2D eigenvalue weighted by Crippen LogP contribution is -2.36. The van der Waals surface area contributed by atoms with Gasteiger partial charge in [0.05, 0.1) is 41.6 Å². The summed E-state index contributed by atoms with van der Waals surface area (Å²) in [4.78, 5) is 27.2. The summed E-state index contributed by atoms with van der Waals surface area (Å²) in [5.41, 5.74) is 1.29. The standard InChI is InChI=1S/C21H21FN6O3/c1-28(9-12-4-2-3-11(7-23)17(12)22)21(31)18-16-14(8-24-18)25-10-26-20(16)27-13-5-6-15(29)19(13)30/h2-4,10,13,15,19,29-30H,5-6,8-9H2,1H3,(H,25,26,27)/t13-,15-,19+/m1/s1. The monoisotopic (exact) mass is 424 g/mol. The van der Waals surface area contributed by atoms with Crippen LogP contribution in [0.2, 0.25) is 0 Å². The SMILES string of the molecule is CN(Cc1cccc(C#N)c1F)C(=O)C1=NCc2ncnc(N[C@@H]3CC[C@@H](O)[C@H]3O)c21. The molecule has 0 spiro atoms. The fourth-order valence-electron chi connectivity index (χ4n) is 3.90. The molecule has 1 aliphatic carbocycles. The molecule has 1 saturated carbocycles. The molecule has 0 bridgehead atoms. The van der Waals surface area contributed by atoms with Crippen molar-refractivity contribution in [1.82, 2.24) is 14.9 Å². The molecule has 1 amide bonds. The lowest BCUT2D eigenvalue weighted by atomic mass is 10.1. The summed E-state index contributed by atoms with van der Waals surface area (Å²) in [6.45, 7) is 0.161. The summed E-state index contributed by atoms with van der Waals surface area (Å²) < 4.78 is 14.4. The highest BCUT2D eigenvalue weighted by atomic mass is 19.1. The predicted octanol–water partition coefficient (Wildman–Crippen LogP) is 0.745. The second kappa shape index (κ2) is 8.37. The van der Waals surface area contributed by atoms with Gasteiger partial charge in [0.2, 0.25) is 0 Å². The number of anilines is 1. The van der Waals surface area contributed by atoms with Crippen molar-refractivity contribution in [2.45, 2.75) is 44.2 Å². The molecule has 2 aliphatic rings.